The second kappa shape index (κ2) is 6.06. The van der Waals surface area contributed by atoms with Gasteiger partial charge in [0, 0.05) is 32.7 Å². The predicted molar refractivity (Wildman–Crippen MR) is 68.7 cm³/mol. The van der Waals surface area contributed by atoms with Gasteiger partial charge in [0.25, 0.3) is 0 Å². The molecule has 9 heteroatoms. The molecule has 3 amide bonds. The molecule has 2 saturated heterocycles. The fraction of sp³-hybridized carbons (Fsp3) is 0.727. The van der Waals surface area contributed by atoms with Crippen LogP contribution in [0.1, 0.15) is 0 Å². The lowest BCUT2D eigenvalue weighted by atomic mass is 10.2. The molecular weight excluding hydrogens is 266 g/mol. The third-order valence-corrected chi connectivity index (χ3v) is 3.49. The van der Waals surface area contributed by atoms with E-state index in [1.54, 1.807) is 5.01 Å². The molecule has 2 aliphatic rings. The third kappa shape index (κ3) is 3.36. The van der Waals surface area contributed by atoms with E-state index in [2.05, 4.69) is 15.6 Å². The minimum Gasteiger partial charge on any atom is -0.480 e. The summed E-state index contributed by atoms with van der Waals surface area (Å²) < 4.78 is 0. The molecule has 1 unspecified atom stereocenters. The molecule has 0 aliphatic carbocycles. The van der Waals surface area contributed by atoms with Crippen LogP contribution < -0.4 is 10.7 Å². The fourth-order valence-electron chi connectivity index (χ4n) is 2.19. The summed E-state index contributed by atoms with van der Waals surface area (Å²) in [5.74, 6) is -1.48. The van der Waals surface area contributed by atoms with Gasteiger partial charge in [0.05, 0.1) is 0 Å². The normalized spacial score (nSPS) is 25.1. The van der Waals surface area contributed by atoms with E-state index in [4.69, 9.17) is 5.11 Å². The Morgan fingerprint density at radius 1 is 1.30 bits per heavy atom. The molecule has 2 rings (SSSR count). The second-order valence-corrected chi connectivity index (χ2v) is 4.99. The molecule has 0 spiro atoms. The maximum Gasteiger partial charge on any atom is 0.333 e. The van der Waals surface area contributed by atoms with Crippen molar-refractivity contribution in [1.29, 1.82) is 0 Å². The van der Waals surface area contributed by atoms with Crippen molar-refractivity contribution in [2.24, 2.45) is 0 Å². The highest BCUT2D eigenvalue weighted by Crippen LogP contribution is 2.06. The van der Waals surface area contributed by atoms with E-state index in [0.717, 1.165) is 18.0 Å². The number of carboxylic acids is 1. The lowest BCUT2D eigenvalue weighted by Gasteiger charge is -2.37. The number of carboxylic acid groups (broad SMARTS) is 1. The summed E-state index contributed by atoms with van der Waals surface area (Å²) in [6.45, 7) is 2.67. The molecule has 9 nitrogen and oxygen atoms in total. The molecule has 0 bridgehead atoms. The molecule has 0 aromatic heterocycles. The number of carbonyl (C=O) groups is 3. The van der Waals surface area contributed by atoms with Crippen LogP contribution >= 0.6 is 0 Å². The van der Waals surface area contributed by atoms with Gasteiger partial charge < -0.3 is 15.3 Å². The van der Waals surface area contributed by atoms with Gasteiger partial charge in [-0.05, 0) is 7.05 Å². The number of likely N-dealkylation sites (N-methyl/N-ethyl adjacent to an activating group) is 1. The van der Waals surface area contributed by atoms with Crippen molar-refractivity contribution in [3.63, 3.8) is 0 Å². The summed E-state index contributed by atoms with van der Waals surface area (Å²) in [5, 5.41) is 13.3. The van der Waals surface area contributed by atoms with Crippen LogP contribution in [0.3, 0.4) is 0 Å². The summed E-state index contributed by atoms with van der Waals surface area (Å²) in [6.07, 6.45) is 0. The number of aliphatic carboxylic acids is 1. The quantitative estimate of drug-likeness (QED) is 0.529. The number of carbonyl (C=O) groups excluding carboxylic acids is 2. The minimum atomic E-state index is -1.13. The lowest BCUT2D eigenvalue weighted by molar-refractivity contribution is -0.144. The number of urea groups is 1. The van der Waals surface area contributed by atoms with Crippen LogP contribution in [0.4, 0.5) is 4.79 Å². The van der Waals surface area contributed by atoms with Crippen LogP contribution in [0.25, 0.3) is 0 Å². The Kier molecular flexibility index (Phi) is 4.40. The molecule has 0 aromatic carbocycles. The zero-order chi connectivity index (χ0) is 14.7. The molecule has 20 heavy (non-hydrogen) atoms. The Morgan fingerprint density at radius 3 is 2.55 bits per heavy atom. The van der Waals surface area contributed by atoms with Gasteiger partial charge >= 0.3 is 12.0 Å². The SMILES string of the molecule is CN1CCN(NC(=O)N2CC(=O)NCC2C(=O)O)CC1. The van der Waals surface area contributed by atoms with E-state index in [9.17, 15) is 14.4 Å². The number of piperazine rings is 2. The maximum absolute atomic E-state index is 12.1. The molecule has 0 saturated carbocycles. The predicted octanol–water partition coefficient (Wildman–Crippen LogP) is -2.26. The average Bonchev–Trinajstić information content (AvgIpc) is 2.41. The van der Waals surface area contributed by atoms with Crippen molar-refractivity contribution in [1.82, 2.24) is 25.6 Å². The smallest absolute Gasteiger partial charge is 0.333 e. The fourth-order valence-corrected chi connectivity index (χ4v) is 2.19. The standard InChI is InChI=1S/C11H19N5O4/c1-14-2-4-15(5-3-14)13-11(20)16-7-9(17)12-6-8(16)10(18)19/h8H,2-7H2,1H3,(H,12,17)(H,13,20)(H,18,19). The number of hydrogen-bond acceptors (Lipinski definition) is 5. The van der Waals surface area contributed by atoms with E-state index < -0.39 is 18.0 Å². The molecule has 2 aliphatic heterocycles. The zero-order valence-electron chi connectivity index (χ0n) is 11.3. The van der Waals surface area contributed by atoms with Crippen LogP contribution in [0.15, 0.2) is 0 Å². The molecule has 0 radical (unpaired) electrons. The summed E-state index contributed by atoms with van der Waals surface area (Å²) >= 11 is 0. The van der Waals surface area contributed by atoms with Crippen LogP contribution in [-0.4, -0.2) is 90.2 Å². The van der Waals surface area contributed by atoms with Crippen molar-refractivity contribution in [2.75, 3.05) is 46.3 Å². The minimum absolute atomic E-state index is 0.0652. The highest BCUT2D eigenvalue weighted by molar-refractivity contribution is 5.90. The molecule has 3 N–H and O–H groups in total. The maximum atomic E-state index is 12.1. The first-order valence-electron chi connectivity index (χ1n) is 6.47. The van der Waals surface area contributed by atoms with Gasteiger partial charge in [-0.15, -0.1) is 0 Å². The van der Waals surface area contributed by atoms with Crippen molar-refractivity contribution in [3.8, 4) is 0 Å². The summed E-state index contributed by atoms with van der Waals surface area (Å²) in [6, 6.07) is -1.57. The summed E-state index contributed by atoms with van der Waals surface area (Å²) in [5.41, 5.74) is 2.66. The molecule has 1 atom stereocenters. The van der Waals surface area contributed by atoms with Gasteiger partial charge in [-0.2, -0.15) is 0 Å². The van der Waals surface area contributed by atoms with Crippen LogP contribution in [0.2, 0.25) is 0 Å². The number of hydrazine groups is 1. The van der Waals surface area contributed by atoms with Crippen molar-refractivity contribution in [3.05, 3.63) is 0 Å². The first kappa shape index (κ1) is 14.5. The Morgan fingerprint density at radius 2 is 1.95 bits per heavy atom. The lowest BCUT2D eigenvalue weighted by Crippen LogP contribution is -2.64. The number of amides is 3. The largest absolute Gasteiger partial charge is 0.480 e. The number of nitrogens with one attached hydrogen (secondary N) is 2. The van der Waals surface area contributed by atoms with Gasteiger partial charge in [-0.25, -0.2) is 14.6 Å². The molecule has 2 fully saturated rings. The zero-order valence-corrected chi connectivity index (χ0v) is 11.3. The number of nitrogens with zero attached hydrogens (tertiary/aromatic N) is 3. The van der Waals surface area contributed by atoms with Gasteiger partial charge in [-0.3, -0.25) is 15.1 Å². The van der Waals surface area contributed by atoms with Gasteiger partial charge in [0.2, 0.25) is 5.91 Å². The molecule has 112 valence electrons. The van der Waals surface area contributed by atoms with E-state index >= 15 is 0 Å². The van der Waals surface area contributed by atoms with E-state index in [0.29, 0.717) is 13.1 Å². The second-order valence-electron chi connectivity index (χ2n) is 4.99. The van der Waals surface area contributed by atoms with E-state index in [-0.39, 0.29) is 19.0 Å². The number of rotatable bonds is 2. The van der Waals surface area contributed by atoms with Crippen molar-refractivity contribution < 1.29 is 19.5 Å². The van der Waals surface area contributed by atoms with Gasteiger partial charge in [0.1, 0.15) is 12.6 Å². The average molecular weight is 285 g/mol. The molecule has 0 aromatic rings. The Labute approximate surface area is 116 Å². The van der Waals surface area contributed by atoms with Gasteiger partial charge in [-0.1, -0.05) is 0 Å². The van der Waals surface area contributed by atoms with Crippen LogP contribution in [-0.2, 0) is 9.59 Å². The highest BCUT2D eigenvalue weighted by Gasteiger charge is 2.35. The molecule has 2 heterocycles. The van der Waals surface area contributed by atoms with Gasteiger partial charge in [0.15, 0.2) is 0 Å². The molecular formula is C11H19N5O4. The van der Waals surface area contributed by atoms with Crippen LogP contribution in [0.5, 0.6) is 0 Å². The van der Waals surface area contributed by atoms with E-state index in [1.807, 2.05) is 7.05 Å². The summed E-state index contributed by atoms with van der Waals surface area (Å²) in [7, 11) is 1.99. The van der Waals surface area contributed by atoms with Crippen molar-refractivity contribution >= 4 is 17.9 Å². The monoisotopic (exact) mass is 285 g/mol. The van der Waals surface area contributed by atoms with E-state index in [1.165, 1.54) is 0 Å². The highest BCUT2D eigenvalue weighted by atomic mass is 16.4. The number of hydrogen-bond donors (Lipinski definition) is 3. The Balaban J connectivity index is 1.95. The Bertz CT molecular complexity index is 408. The van der Waals surface area contributed by atoms with Crippen LogP contribution in [0, 0.1) is 0 Å². The third-order valence-electron chi connectivity index (χ3n) is 3.49. The first-order chi connectivity index (χ1) is 9.47. The van der Waals surface area contributed by atoms with Crippen molar-refractivity contribution in [2.45, 2.75) is 6.04 Å². The first-order valence-corrected chi connectivity index (χ1v) is 6.47. The summed E-state index contributed by atoms with van der Waals surface area (Å²) in [4.78, 5) is 37.8. The Hall–Kier alpha value is -1.87. The topological polar surface area (TPSA) is 105 Å².